The van der Waals surface area contributed by atoms with E-state index in [9.17, 15) is 9.59 Å². The molecule has 2 aromatic carbocycles. The third kappa shape index (κ3) is 5.24. The Morgan fingerprint density at radius 2 is 1.96 bits per heavy atom. The number of halogens is 1. The molecule has 0 bridgehead atoms. The highest BCUT2D eigenvalue weighted by atomic mass is 35.5. The normalized spacial score (nSPS) is 10.6. The standard InChI is InChI=1S/C20H19ClN4O2/c1-13-4-2-5-14(10-13)12-22-18(26)9-8-17-20(27)23-19(25-24-17)15-6-3-7-16(21)11-15/h2-7,10-11H,8-9,12H2,1H3,(H,22,26)(H,23,25,27). The summed E-state index contributed by atoms with van der Waals surface area (Å²) in [7, 11) is 0. The van der Waals surface area contributed by atoms with Crippen molar-refractivity contribution in [3.05, 3.63) is 80.7 Å². The fraction of sp³-hybridized carbons (Fsp3) is 0.200. The minimum atomic E-state index is -0.355. The molecule has 0 unspecified atom stereocenters. The Morgan fingerprint density at radius 1 is 1.15 bits per heavy atom. The lowest BCUT2D eigenvalue weighted by molar-refractivity contribution is -0.121. The van der Waals surface area contributed by atoms with E-state index in [1.165, 1.54) is 0 Å². The SMILES string of the molecule is Cc1cccc(CNC(=O)CCc2nnc(-c3cccc(Cl)c3)[nH]c2=O)c1. The summed E-state index contributed by atoms with van der Waals surface area (Å²) >= 11 is 5.95. The molecule has 1 heterocycles. The first kappa shape index (κ1) is 18.8. The highest BCUT2D eigenvalue weighted by Gasteiger charge is 2.10. The molecule has 3 rings (SSSR count). The average Bonchev–Trinajstić information content (AvgIpc) is 2.65. The van der Waals surface area contributed by atoms with Crippen LogP contribution in [0.2, 0.25) is 5.02 Å². The first-order valence-corrected chi connectivity index (χ1v) is 8.93. The highest BCUT2D eigenvalue weighted by Crippen LogP contribution is 2.17. The number of nitrogens with one attached hydrogen (secondary N) is 2. The Kier molecular flexibility index (Phi) is 5.98. The van der Waals surface area contributed by atoms with Crippen LogP contribution in [0.3, 0.4) is 0 Å². The molecule has 0 aliphatic heterocycles. The molecule has 0 radical (unpaired) electrons. The van der Waals surface area contributed by atoms with Gasteiger partial charge in [-0.15, -0.1) is 10.2 Å². The quantitative estimate of drug-likeness (QED) is 0.685. The fourth-order valence-electron chi connectivity index (χ4n) is 2.63. The van der Waals surface area contributed by atoms with Crippen LogP contribution in [0.15, 0.2) is 53.3 Å². The van der Waals surface area contributed by atoms with Crippen molar-refractivity contribution in [3.63, 3.8) is 0 Å². The molecule has 138 valence electrons. The van der Waals surface area contributed by atoms with E-state index < -0.39 is 0 Å². The molecule has 0 fully saturated rings. The van der Waals surface area contributed by atoms with E-state index in [0.717, 1.165) is 11.1 Å². The molecule has 1 aromatic heterocycles. The summed E-state index contributed by atoms with van der Waals surface area (Å²) in [5.74, 6) is 0.201. The molecule has 0 saturated heterocycles. The number of hydrogen-bond acceptors (Lipinski definition) is 4. The van der Waals surface area contributed by atoms with Gasteiger partial charge in [-0.05, 0) is 24.6 Å². The molecule has 1 amide bonds. The van der Waals surface area contributed by atoms with Crippen LogP contribution in [0, 0.1) is 6.92 Å². The number of amides is 1. The highest BCUT2D eigenvalue weighted by molar-refractivity contribution is 6.30. The number of rotatable bonds is 6. The van der Waals surface area contributed by atoms with Crippen molar-refractivity contribution in [2.24, 2.45) is 0 Å². The molecule has 0 saturated carbocycles. The summed E-state index contributed by atoms with van der Waals surface area (Å²) < 4.78 is 0. The number of nitrogens with zero attached hydrogens (tertiary/aromatic N) is 2. The summed E-state index contributed by atoms with van der Waals surface area (Å²) in [6.07, 6.45) is 0.387. The first-order valence-electron chi connectivity index (χ1n) is 8.55. The van der Waals surface area contributed by atoms with Gasteiger partial charge in [0.05, 0.1) is 0 Å². The van der Waals surface area contributed by atoms with Crippen molar-refractivity contribution in [2.75, 3.05) is 0 Å². The second-order valence-electron chi connectivity index (χ2n) is 6.23. The van der Waals surface area contributed by atoms with E-state index >= 15 is 0 Å². The molecule has 6 nitrogen and oxygen atoms in total. The number of aromatic amines is 1. The Labute approximate surface area is 161 Å². The number of carbonyl (C=O) groups is 1. The van der Waals surface area contributed by atoms with Crippen molar-refractivity contribution < 1.29 is 4.79 Å². The third-order valence-electron chi connectivity index (χ3n) is 4.02. The zero-order valence-corrected chi connectivity index (χ0v) is 15.6. The zero-order valence-electron chi connectivity index (χ0n) is 14.8. The topological polar surface area (TPSA) is 87.7 Å². The molecule has 7 heteroatoms. The predicted molar refractivity (Wildman–Crippen MR) is 104 cm³/mol. The Hall–Kier alpha value is -2.99. The number of hydrogen-bond donors (Lipinski definition) is 2. The lowest BCUT2D eigenvalue weighted by Crippen LogP contribution is -2.25. The summed E-state index contributed by atoms with van der Waals surface area (Å²) in [5.41, 5.74) is 2.72. The lowest BCUT2D eigenvalue weighted by Gasteiger charge is -2.06. The van der Waals surface area contributed by atoms with E-state index in [4.69, 9.17) is 11.6 Å². The second-order valence-corrected chi connectivity index (χ2v) is 6.66. The maximum atomic E-state index is 12.2. The van der Waals surface area contributed by atoms with Gasteiger partial charge in [0.25, 0.3) is 5.56 Å². The molecule has 2 N–H and O–H groups in total. The molecule has 0 aliphatic carbocycles. The monoisotopic (exact) mass is 382 g/mol. The fourth-order valence-corrected chi connectivity index (χ4v) is 2.82. The van der Waals surface area contributed by atoms with Gasteiger partial charge in [-0.1, -0.05) is 53.6 Å². The molecule has 3 aromatic rings. The predicted octanol–water partition coefficient (Wildman–Crippen LogP) is 3.04. The van der Waals surface area contributed by atoms with Crippen LogP contribution in [-0.2, 0) is 17.8 Å². The van der Waals surface area contributed by atoms with E-state index in [0.29, 0.717) is 23.0 Å². The smallest absolute Gasteiger partial charge is 0.273 e. The van der Waals surface area contributed by atoms with Gasteiger partial charge in [0.15, 0.2) is 5.82 Å². The third-order valence-corrected chi connectivity index (χ3v) is 4.26. The van der Waals surface area contributed by atoms with Crippen molar-refractivity contribution >= 4 is 17.5 Å². The van der Waals surface area contributed by atoms with Crippen LogP contribution in [-0.4, -0.2) is 21.1 Å². The van der Waals surface area contributed by atoms with E-state index in [1.807, 2.05) is 31.2 Å². The summed E-state index contributed by atoms with van der Waals surface area (Å²) in [6.45, 7) is 2.46. The van der Waals surface area contributed by atoms with Gasteiger partial charge >= 0.3 is 0 Å². The van der Waals surface area contributed by atoms with Gasteiger partial charge in [0, 0.05) is 30.0 Å². The average molecular weight is 383 g/mol. The molecule has 27 heavy (non-hydrogen) atoms. The van der Waals surface area contributed by atoms with Gasteiger partial charge < -0.3 is 10.3 Å². The van der Waals surface area contributed by atoms with Crippen LogP contribution >= 0.6 is 11.6 Å². The van der Waals surface area contributed by atoms with Crippen molar-refractivity contribution in [1.29, 1.82) is 0 Å². The number of aromatic nitrogens is 3. The van der Waals surface area contributed by atoms with E-state index in [2.05, 4.69) is 20.5 Å². The molecular formula is C20H19ClN4O2. The maximum absolute atomic E-state index is 12.2. The Bertz CT molecular complexity index is 1020. The van der Waals surface area contributed by atoms with Crippen LogP contribution < -0.4 is 10.9 Å². The van der Waals surface area contributed by atoms with E-state index in [1.54, 1.807) is 24.3 Å². The Balaban J connectivity index is 1.58. The maximum Gasteiger partial charge on any atom is 0.273 e. The van der Waals surface area contributed by atoms with Crippen LogP contribution in [0.25, 0.3) is 11.4 Å². The summed E-state index contributed by atoms with van der Waals surface area (Å²) in [4.78, 5) is 26.9. The van der Waals surface area contributed by atoms with Gasteiger partial charge in [0.1, 0.15) is 5.69 Å². The van der Waals surface area contributed by atoms with Crippen molar-refractivity contribution in [3.8, 4) is 11.4 Å². The molecule has 0 aliphatic rings. The second kappa shape index (κ2) is 8.60. The van der Waals surface area contributed by atoms with Crippen molar-refractivity contribution in [2.45, 2.75) is 26.3 Å². The largest absolute Gasteiger partial charge is 0.352 e. The molecular weight excluding hydrogens is 364 g/mol. The minimum absolute atomic E-state index is 0.142. The lowest BCUT2D eigenvalue weighted by atomic mass is 10.1. The molecule has 0 atom stereocenters. The van der Waals surface area contributed by atoms with Gasteiger partial charge in [-0.3, -0.25) is 9.59 Å². The number of carbonyl (C=O) groups excluding carboxylic acids is 1. The van der Waals surface area contributed by atoms with E-state index in [-0.39, 0.29) is 30.0 Å². The summed E-state index contributed by atoms with van der Waals surface area (Å²) in [6, 6.07) is 14.9. The van der Waals surface area contributed by atoms with Gasteiger partial charge in [-0.25, -0.2) is 0 Å². The van der Waals surface area contributed by atoms with Gasteiger partial charge in [0.2, 0.25) is 5.91 Å². The number of benzene rings is 2. The minimum Gasteiger partial charge on any atom is -0.352 e. The molecule has 0 spiro atoms. The Morgan fingerprint density at radius 3 is 2.70 bits per heavy atom. The zero-order chi connectivity index (χ0) is 19.2. The number of aryl methyl sites for hydroxylation is 2. The van der Waals surface area contributed by atoms with Gasteiger partial charge in [-0.2, -0.15) is 0 Å². The number of H-pyrrole nitrogens is 1. The van der Waals surface area contributed by atoms with Crippen LogP contribution in [0.1, 0.15) is 23.2 Å². The van der Waals surface area contributed by atoms with Crippen molar-refractivity contribution in [1.82, 2.24) is 20.5 Å². The summed E-state index contributed by atoms with van der Waals surface area (Å²) in [5, 5.41) is 11.4. The van der Waals surface area contributed by atoms with Crippen LogP contribution in [0.5, 0.6) is 0 Å². The van der Waals surface area contributed by atoms with Crippen LogP contribution in [0.4, 0.5) is 0 Å². The first-order chi connectivity index (χ1) is 13.0.